The zero-order valence-corrected chi connectivity index (χ0v) is 11.6. The minimum Gasteiger partial charge on any atom is -0.461 e. The van der Waals surface area contributed by atoms with Gasteiger partial charge in [0.1, 0.15) is 23.0 Å². The molecular formula is C17H15F2NO. The lowest BCUT2D eigenvalue weighted by Gasteiger charge is -2.13. The van der Waals surface area contributed by atoms with Crippen LogP contribution in [0.4, 0.5) is 8.78 Å². The van der Waals surface area contributed by atoms with Crippen molar-refractivity contribution in [1.82, 2.24) is 0 Å². The molecule has 1 unspecified atom stereocenters. The molecule has 0 radical (unpaired) electrons. The predicted molar refractivity (Wildman–Crippen MR) is 78.0 cm³/mol. The van der Waals surface area contributed by atoms with Crippen LogP contribution in [0.3, 0.4) is 0 Å². The number of para-hydroxylation sites is 1. The molecule has 1 aromatic heterocycles. The second kappa shape index (κ2) is 5.30. The molecule has 0 aliphatic rings. The molecule has 2 N–H and O–H groups in total. The van der Waals surface area contributed by atoms with Crippen LogP contribution < -0.4 is 5.73 Å². The summed E-state index contributed by atoms with van der Waals surface area (Å²) in [7, 11) is 0. The molecule has 0 fully saturated rings. The molecule has 108 valence electrons. The van der Waals surface area contributed by atoms with E-state index in [1.165, 1.54) is 12.1 Å². The third-order valence-electron chi connectivity index (χ3n) is 3.59. The summed E-state index contributed by atoms with van der Waals surface area (Å²) in [5.74, 6) is -0.522. The fraction of sp³-hybridized carbons (Fsp3) is 0.176. The first-order chi connectivity index (χ1) is 10.1. The minimum absolute atomic E-state index is 0.397. The molecule has 0 amide bonds. The molecule has 3 rings (SSSR count). The molecule has 1 heterocycles. The Morgan fingerprint density at radius 1 is 1.10 bits per heavy atom. The van der Waals surface area contributed by atoms with Crippen LogP contribution in [0, 0.1) is 11.6 Å². The second-order valence-electron chi connectivity index (χ2n) is 4.97. The predicted octanol–water partition coefficient (Wildman–Crippen LogP) is 4.32. The molecule has 2 aromatic carbocycles. The van der Waals surface area contributed by atoms with Crippen LogP contribution in [0.2, 0.25) is 0 Å². The molecule has 1 atom stereocenters. The number of rotatable bonds is 3. The summed E-state index contributed by atoms with van der Waals surface area (Å²) < 4.78 is 32.6. The number of benzene rings is 2. The Morgan fingerprint density at radius 3 is 2.43 bits per heavy atom. The van der Waals surface area contributed by atoms with Gasteiger partial charge in [-0.1, -0.05) is 25.1 Å². The van der Waals surface area contributed by atoms with Gasteiger partial charge < -0.3 is 10.2 Å². The Kier molecular flexibility index (Phi) is 3.47. The van der Waals surface area contributed by atoms with E-state index in [1.54, 1.807) is 0 Å². The van der Waals surface area contributed by atoms with Gasteiger partial charge in [0.2, 0.25) is 0 Å². The quantitative estimate of drug-likeness (QED) is 0.779. The molecule has 0 bridgehead atoms. The van der Waals surface area contributed by atoms with Crippen LogP contribution in [0.5, 0.6) is 0 Å². The maximum absolute atomic E-state index is 13.4. The van der Waals surface area contributed by atoms with Crippen molar-refractivity contribution in [1.29, 1.82) is 0 Å². The van der Waals surface area contributed by atoms with Crippen molar-refractivity contribution in [3.8, 4) is 0 Å². The molecule has 3 aromatic rings. The summed E-state index contributed by atoms with van der Waals surface area (Å²) in [6.07, 6.45) is 0.662. The van der Waals surface area contributed by atoms with Crippen molar-refractivity contribution in [2.75, 3.05) is 0 Å². The number of nitrogens with two attached hydrogens (primary N) is 1. The Balaban J connectivity index is 2.18. The lowest BCUT2D eigenvalue weighted by molar-refractivity contribution is 0.544. The van der Waals surface area contributed by atoms with E-state index in [0.717, 1.165) is 28.4 Å². The molecule has 21 heavy (non-hydrogen) atoms. The lowest BCUT2D eigenvalue weighted by Crippen LogP contribution is -2.13. The average molecular weight is 287 g/mol. The summed E-state index contributed by atoms with van der Waals surface area (Å²) in [5, 5.41) is 0.881. The van der Waals surface area contributed by atoms with Crippen LogP contribution in [0.25, 0.3) is 11.0 Å². The summed E-state index contributed by atoms with van der Waals surface area (Å²) in [4.78, 5) is 0. The Hall–Kier alpha value is -2.20. The van der Waals surface area contributed by atoms with Gasteiger partial charge in [0.05, 0.1) is 6.04 Å². The van der Waals surface area contributed by atoms with Gasteiger partial charge in [-0.2, -0.15) is 0 Å². The highest BCUT2D eigenvalue weighted by Crippen LogP contribution is 2.33. The first-order valence-corrected chi connectivity index (χ1v) is 6.82. The second-order valence-corrected chi connectivity index (χ2v) is 4.97. The fourth-order valence-electron chi connectivity index (χ4n) is 2.64. The van der Waals surface area contributed by atoms with E-state index < -0.39 is 17.7 Å². The van der Waals surface area contributed by atoms with Gasteiger partial charge in [0.25, 0.3) is 0 Å². The van der Waals surface area contributed by atoms with E-state index >= 15 is 0 Å². The zero-order chi connectivity index (χ0) is 15.0. The summed E-state index contributed by atoms with van der Waals surface area (Å²) in [6.45, 7) is 1.96. The van der Waals surface area contributed by atoms with Crippen LogP contribution in [-0.4, -0.2) is 0 Å². The average Bonchev–Trinajstić information content (AvgIpc) is 2.83. The maximum Gasteiger partial charge on any atom is 0.134 e. The third-order valence-corrected chi connectivity index (χ3v) is 3.59. The third kappa shape index (κ3) is 2.43. The van der Waals surface area contributed by atoms with E-state index in [4.69, 9.17) is 10.2 Å². The Labute approximate surface area is 121 Å². The highest BCUT2D eigenvalue weighted by atomic mass is 19.1. The van der Waals surface area contributed by atoms with E-state index in [2.05, 4.69) is 0 Å². The molecule has 0 spiro atoms. The van der Waals surface area contributed by atoms with E-state index in [9.17, 15) is 8.78 Å². The highest BCUT2D eigenvalue weighted by Gasteiger charge is 2.21. The Morgan fingerprint density at radius 2 is 1.76 bits per heavy atom. The van der Waals surface area contributed by atoms with Crippen molar-refractivity contribution < 1.29 is 13.2 Å². The smallest absolute Gasteiger partial charge is 0.134 e. The lowest BCUT2D eigenvalue weighted by atomic mass is 9.96. The van der Waals surface area contributed by atoms with Gasteiger partial charge in [-0.3, -0.25) is 0 Å². The number of furan rings is 1. The van der Waals surface area contributed by atoms with Gasteiger partial charge in [-0.05, 0) is 23.8 Å². The van der Waals surface area contributed by atoms with Gasteiger partial charge in [0.15, 0.2) is 0 Å². The normalized spacial score (nSPS) is 12.8. The first kappa shape index (κ1) is 13.8. The number of hydrogen-bond donors (Lipinski definition) is 1. The molecule has 0 saturated carbocycles. The number of halogens is 2. The van der Waals surface area contributed by atoms with Crippen LogP contribution in [0.15, 0.2) is 46.9 Å². The number of hydrogen-bond acceptors (Lipinski definition) is 2. The standard InChI is InChI=1S/C17H15F2NO/c1-2-14-16(13-5-3-4-6-15(13)21-14)17(20)10-7-11(18)9-12(19)8-10/h3-9,17H,2,20H2,1H3. The molecule has 4 heteroatoms. The van der Waals surface area contributed by atoms with Crippen molar-refractivity contribution >= 4 is 11.0 Å². The largest absolute Gasteiger partial charge is 0.461 e. The molecule has 0 aliphatic carbocycles. The van der Waals surface area contributed by atoms with Gasteiger partial charge in [0, 0.05) is 23.4 Å². The molecule has 0 saturated heterocycles. The van der Waals surface area contributed by atoms with Crippen molar-refractivity contribution in [2.24, 2.45) is 5.73 Å². The monoisotopic (exact) mass is 287 g/mol. The van der Waals surface area contributed by atoms with Gasteiger partial charge in [-0.25, -0.2) is 8.78 Å². The minimum atomic E-state index is -0.633. The SMILES string of the molecule is CCc1oc2ccccc2c1C(N)c1cc(F)cc(F)c1. The Bertz CT molecular complexity index is 774. The van der Waals surface area contributed by atoms with E-state index in [0.29, 0.717) is 12.0 Å². The summed E-state index contributed by atoms with van der Waals surface area (Å²) in [6, 6.07) is 10.3. The van der Waals surface area contributed by atoms with Crippen molar-refractivity contribution in [2.45, 2.75) is 19.4 Å². The molecular weight excluding hydrogens is 272 g/mol. The summed E-state index contributed by atoms with van der Waals surface area (Å²) in [5.41, 5.74) is 8.17. The van der Waals surface area contributed by atoms with Crippen LogP contribution >= 0.6 is 0 Å². The highest BCUT2D eigenvalue weighted by molar-refractivity contribution is 5.83. The van der Waals surface area contributed by atoms with E-state index in [-0.39, 0.29) is 0 Å². The fourth-order valence-corrected chi connectivity index (χ4v) is 2.64. The van der Waals surface area contributed by atoms with Crippen LogP contribution in [-0.2, 0) is 6.42 Å². The number of fused-ring (bicyclic) bond motifs is 1. The van der Waals surface area contributed by atoms with Crippen molar-refractivity contribution in [3.63, 3.8) is 0 Å². The number of aryl methyl sites for hydroxylation is 1. The van der Waals surface area contributed by atoms with Gasteiger partial charge >= 0.3 is 0 Å². The summed E-state index contributed by atoms with van der Waals surface area (Å²) >= 11 is 0. The van der Waals surface area contributed by atoms with Gasteiger partial charge in [-0.15, -0.1) is 0 Å². The first-order valence-electron chi connectivity index (χ1n) is 6.82. The van der Waals surface area contributed by atoms with E-state index in [1.807, 2.05) is 31.2 Å². The molecule has 2 nitrogen and oxygen atoms in total. The van der Waals surface area contributed by atoms with Crippen molar-refractivity contribution in [3.05, 3.63) is 71.0 Å². The molecule has 0 aliphatic heterocycles. The van der Waals surface area contributed by atoms with Crippen LogP contribution in [0.1, 0.15) is 29.9 Å². The zero-order valence-electron chi connectivity index (χ0n) is 11.6. The maximum atomic E-state index is 13.4. The topological polar surface area (TPSA) is 39.2 Å².